The van der Waals surface area contributed by atoms with E-state index in [1.165, 1.54) is 4.31 Å². The van der Waals surface area contributed by atoms with Gasteiger partial charge in [0.25, 0.3) is 5.91 Å². The Hall–Kier alpha value is -3.53. The van der Waals surface area contributed by atoms with Crippen LogP contribution in [0.5, 0.6) is 5.75 Å². The monoisotopic (exact) mass is 506 g/mol. The number of aryl methyl sites for hydroxylation is 1. The molecular weight excluding hydrogens is 476 g/mol. The maximum absolute atomic E-state index is 12.8. The molecule has 0 bridgehead atoms. The normalized spacial score (nSPS) is 15.1. The predicted molar refractivity (Wildman–Crippen MR) is 139 cm³/mol. The van der Waals surface area contributed by atoms with E-state index in [1.807, 2.05) is 66.4 Å². The molecule has 0 aliphatic carbocycles. The number of hydrazone groups is 1. The number of nitrogens with zero attached hydrogens (tertiary/aromatic N) is 3. The summed E-state index contributed by atoms with van der Waals surface area (Å²) in [6.07, 6.45) is 1.57. The number of hydrogen-bond acceptors (Lipinski definition) is 6. The highest BCUT2D eigenvalue weighted by molar-refractivity contribution is 7.89. The minimum atomic E-state index is -3.52. The molecule has 1 heterocycles. The van der Waals surface area contributed by atoms with E-state index in [2.05, 4.69) is 10.5 Å². The first-order valence-corrected chi connectivity index (χ1v) is 13.2. The number of carbonyl (C=O) groups is 1. The molecule has 0 saturated carbocycles. The summed E-state index contributed by atoms with van der Waals surface area (Å²) in [7, 11) is -3.52. The average molecular weight is 507 g/mol. The lowest BCUT2D eigenvalue weighted by molar-refractivity contribution is -0.122. The van der Waals surface area contributed by atoms with Crippen molar-refractivity contribution in [3.8, 4) is 5.75 Å². The van der Waals surface area contributed by atoms with Crippen LogP contribution >= 0.6 is 0 Å². The Morgan fingerprint density at radius 1 is 0.944 bits per heavy atom. The molecule has 1 aliphatic heterocycles. The van der Waals surface area contributed by atoms with Gasteiger partial charge in [0.1, 0.15) is 12.4 Å². The highest BCUT2D eigenvalue weighted by atomic mass is 32.2. The fourth-order valence-electron chi connectivity index (χ4n) is 3.80. The predicted octanol–water partition coefficient (Wildman–Crippen LogP) is 3.03. The van der Waals surface area contributed by atoms with Crippen molar-refractivity contribution in [3.63, 3.8) is 0 Å². The van der Waals surface area contributed by atoms with Crippen molar-refractivity contribution in [1.29, 1.82) is 0 Å². The van der Waals surface area contributed by atoms with Crippen LogP contribution in [0.1, 0.15) is 16.7 Å². The molecule has 1 fully saturated rings. The zero-order chi connectivity index (χ0) is 25.4. The van der Waals surface area contributed by atoms with Gasteiger partial charge in [-0.3, -0.25) is 9.69 Å². The molecule has 188 valence electrons. The number of rotatable bonds is 9. The molecule has 0 spiro atoms. The molecule has 1 aliphatic rings. The number of hydrogen-bond donors (Lipinski definition) is 1. The maximum Gasteiger partial charge on any atom is 0.254 e. The van der Waals surface area contributed by atoms with Gasteiger partial charge < -0.3 is 4.74 Å². The summed E-state index contributed by atoms with van der Waals surface area (Å²) in [5.41, 5.74) is 5.48. The SMILES string of the molecule is Cc1ccc(S(=O)(=O)N2CCN(CC(=O)N/N=C\c3ccc(OCc4ccccc4)cc3)CC2)cc1. The van der Waals surface area contributed by atoms with Gasteiger partial charge in [0.05, 0.1) is 17.7 Å². The number of nitrogens with one attached hydrogen (secondary N) is 1. The smallest absolute Gasteiger partial charge is 0.254 e. The minimum absolute atomic E-state index is 0.155. The quantitative estimate of drug-likeness (QED) is 0.356. The molecule has 1 saturated heterocycles. The van der Waals surface area contributed by atoms with Crippen LogP contribution in [-0.2, 0) is 21.4 Å². The van der Waals surface area contributed by atoms with E-state index in [0.29, 0.717) is 37.7 Å². The molecule has 3 aromatic carbocycles. The van der Waals surface area contributed by atoms with Gasteiger partial charge in [-0.05, 0) is 54.4 Å². The zero-order valence-electron chi connectivity index (χ0n) is 20.2. The molecular formula is C27H30N4O4S. The number of sulfonamides is 1. The van der Waals surface area contributed by atoms with Crippen molar-refractivity contribution in [3.05, 3.63) is 95.6 Å². The molecule has 36 heavy (non-hydrogen) atoms. The van der Waals surface area contributed by atoms with Crippen molar-refractivity contribution in [2.75, 3.05) is 32.7 Å². The van der Waals surface area contributed by atoms with Crippen LogP contribution in [0, 0.1) is 6.92 Å². The first-order chi connectivity index (χ1) is 17.4. The Morgan fingerprint density at radius 2 is 1.61 bits per heavy atom. The van der Waals surface area contributed by atoms with E-state index in [9.17, 15) is 13.2 Å². The van der Waals surface area contributed by atoms with E-state index in [4.69, 9.17) is 4.74 Å². The van der Waals surface area contributed by atoms with Gasteiger partial charge in [0.2, 0.25) is 10.0 Å². The molecule has 8 nitrogen and oxygen atoms in total. The number of amides is 1. The van der Waals surface area contributed by atoms with E-state index >= 15 is 0 Å². The fraction of sp³-hybridized carbons (Fsp3) is 0.259. The lowest BCUT2D eigenvalue weighted by Crippen LogP contribution is -2.50. The molecule has 1 N–H and O–H groups in total. The molecule has 0 unspecified atom stereocenters. The summed E-state index contributed by atoms with van der Waals surface area (Å²) >= 11 is 0. The van der Waals surface area contributed by atoms with Crippen LogP contribution in [-0.4, -0.2) is 62.5 Å². The standard InChI is InChI=1S/C27H30N4O4S/c1-22-7-13-26(14-8-22)36(33,34)31-17-15-30(16-18-31)20-27(32)29-28-19-23-9-11-25(12-10-23)35-21-24-5-3-2-4-6-24/h2-14,19H,15-18,20-21H2,1H3,(H,29,32)/b28-19-. The molecule has 3 aromatic rings. The zero-order valence-corrected chi connectivity index (χ0v) is 21.0. The second-order valence-corrected chi connectivity index (χ2v) is 10.6. The third-order valence-electron chi connectivity index (χ3n) is 5.89. The highest BCUT2D eigenvalue weighted by Crippen LogP contribution is 2.18. The fourth-order valence-corrected chi connectivity index (χ4v) is 5.22. The molecule has 0 atom stereocenters. The summed E-state index contributed by atoms with van der Waals surface area (Å²) in [6.45, 7) is 4.21. The summed E-state index contributed by atoms with van der Waals surface area (Å²) in [6, 6.07) is 24.2. The van der Waals surface area contributed by atoms with Crippen LogP contribution in [0.3, 0.4) is 0 Å². The Labute approximate surface area is 212 Å². The third-order valence-corrected chi connectivity index (χ3v) is 7.80. The van der Waals surface area contributed by atoms with Gasteiger partial charge in [0.15, 0.2) is 0 Å². The van der Waals surface area contributed by atoms with Crippen LogP contribution < -0.4 is 10.2 Å². The van der Waals surface area contributed by atoms with Gasteiger partial charge in [0, 0.05) is 26.2 Å². The number of carbonyl (C=O) groups excluding carboxylic acids is 1. The Bertz CT molecular complexity index is 1270. The second kappa shape index (κ2) is 11.9. The van der Waals surface area contributed by atoms with Gasteiger partial charge in [-0.15, -0.1) is 0 Å². The van der Waals surface area contributed by atoms with Crippen LogP contribution in [0.4, 0.5) is 0 Å². The first kappa shape index (κ1) is 25.6. The summed E-state index contributed by atoms with van der Waals surface area (Å²) in [5, 5.41) is 4.03. The van der Waals surface area contributed by atoms with Crippen LogP contribution in [0.15, 0.2) is 88.9 Å². The lowest BCUT2D eigenvalue weighted by atomic mass is 10.2. The minimum Gasteiger partial charge on any atom is -0.489 e. The Kier molecular flexibility index (Phi) is 8.48. The lowest BCUT2D eigenvalue weighted by Gasteiger charge is -2.33. The van der Waals surface area contributed by atoms with Gasteiger partial charge >= 0.3 is 0 Å². The van der Waals surface area contributed by atoms with Crippen molar-refractivity contribution >= 4 is 22.1 Å². The summed E-state index contributed by atoms with van der Waals surface area (Å²) in [4.78, 5) is 14.5. The molecule has 4 rings (SSSR count). The van der Waals surface area contributed by atoms with Gasteiger partial charge in [-0.25, -0.2) is 13.8 Å². The van der Waals surface area contributed by atoms with E-state index in [0.717, 1.165) is 22.4 Å². The van der Waals surface area contributed by atoms with E-state index in [-0.39, 0.29) is 12.5 Å². The maximum atomic E-state index is 12.8. The third kappa shape index (κ3) is 7.00. The Balaban J connectivity index is 1.19. The number of piperazine rings is 1. The second-order valence-electron chi connectivity index (χ2n) is 8.63. The van der Waals surface area contributed by atoms with Crippen molar-refractivity contribution in [1.82, 2.24) is 14.6 Å². The molecule has 9 heteroatoms. The van der Waals surface area contributed by atoms with Crippen molar-refractivity contribution in [2.45, 2.75) is 18.4 Å². The topological polar surface area (TPSA) is 91.3 Å². The average Bonchev–Trinajstić information content (AvgIpc) is 2.89. The Morgan fingerprint density at radius 3 is 2.28 bits per heavy atom. The summed E-state index contributed by atoms with van der Waals surface area (Å²) in [5.74, 6) is 0.507. The highest BCUT2D eigenvalue weighted by Gasteiger charge is 2.28. The number of ether oxygens (including phenoxy) is 1. The largest absolute Gasteiger partial charge is 0.489 e. The van der Waals surface area contributed by atoms with Crippen LogP contribution in [0.25, 0.3) is 0 Å². The van der Waals surface area contributed by atoms with Crippen molar-refractivity contribution < 1.29 is 17.9 Å². The molecule has 0 radical (unpaired) electrons. The molecule has 0 aromatic heterocycles. The number of benzene rings is 3. The van der Waals surface area contributed by atoms with E-state index in [1.54, 1.807) is 30.5 Å². The van der Waals surface area contributed by atoms with Gasteiger partial charge in [-0.1, -0.05) is 48.0 Å². The summed E-state index contributed by atoms with van der Waals surface area (Å²) < 4.78 is 32.9. The molecule has 1 amide bonds. The van der Waals surface area contributed by atoms with Crippen molar-refractivity contribution in [2.24, 2.45) is 5.10 Å². The van der Waals surface area contributed by atoms with Gasteiger partial charge in [-0.2, -0.15) is 9.41 Å². The van der Waals surface area contributed by atoms with Crippen LogP contribution in [0.2, 0.25) is 0 Å². The first-order valence-electron chi connectivity index (χ1n) is 11.8. The van der Waals surface area contributed by atoms with E-state index < -0.39 is 10.0 Å².